The van der Waals surface area contributed by atoms with Crippen LogP contribution in [0.4, 0.5) is 0 Å². The van der Waals surface area contributed by atoms with Gasteiger partial charge in [0.15, 0.2) is 0 Å². The zero-order chi connectivity index (χ0) is 13.8. The van der Waals surface area contributed by atoms with E-state index in [1.807, 2.05) is 20.9 Å². The average Bonchev–Trinajstić information content (AvgIpc) is 2.36. The van der Waals surface area contributed by atoms with Gasteiger partial charge in [-0.1, -0.05) is 13.8 Å². The van der Waals surface area contributed by atoms with Crippen molar-refractivity contribution in [3.63, 3.8) is 0 Å². The number of nitrogens with one attached hydrogen (secondary N) is 2. The largest absolute Gasteiger partial charge is 0.317 e. The average molecular weight is 277 g/mol. The van der Waals surface area contributed by atoms with Crippen LogP contribution in [0.2, 0.25) is 0 Å². The van der Waals surface area contributed by atoms with Crippen LogP contribution in [0.3, 0.4) is 0 Å². The highest BCUT2D eigenvalue weighted by Gasteiger charge is 2.29. The van der Waals surface area contributed by atoms with Gasteiger partial charge in [0, 0.05) is 25.7 Å². The first-order valence-corrected chi connectivity index (χ1v) is 8.22. The summed E-state index contributed by atoms with van der Waals surface area (Å²) in [4.78, 5) is 0. The predicted molar refractivity (Wildman–Crippen MR) is 74.6 cm³/mol. The van der Waals surface area contributed by atoms with Crippen LogP contribution in [0, 0.1) is 11.8 Å². The van der Waals surface area contributed by atoms with Crippen molar-refractivity contribution in [2.45, 2.75) is 39.7 Å². The third-order valence-electron chi connectivity index (χ3n) is 3.67. The first-order valence-electron chi connectivity index (χ1n) is 6.78. The van der Waals surface area contributed by atoms with E-state index in [4.69, 9.17) is 0 Å². The first kappa shape index (κ1) is 15.9. The van der Waals surface area contributed by atoms with E-state index >= 15 is 0 Å². The Bertz CT molecular complexity index is 335. The Labute approximate surface area is 112 Å². The zero-order valence-corrected chi connectivity index (χ0v) is 12.8. The predicted octanol–water partition coefficient (Wildman–Crippen LogP) is 0.797. The second kappa shape index (κ2) is 6.84. The molecule has 0 aromatic carbocycles. The van der Waals surface area contributed by atoms with Gasteiger partial charge in [-0.15, -0.1) is 0 Å². The van der Waals surface area contributed by atoms with Crippen molar-refractivity contribution in [1.82, 2.24) is 14.3 Å². The molecule has 1 fully saturated rings. The SMILES string of the molecule is CNC(C)C1CCN(S(=O)(=O)NCC(C)C)CC1. The molecule has 6 heteroatoms. The number of hydrogen-bond donors (Lipinski definition) is 2. The fourth-order valence-electron chi connectivity index (χ4n) is 2.22. The van der Waals surface area contributed by atoms with Crippen molar-refractivity contribution in [1.29, 1.82) is 0 Å². The minimum atomic E-state index is -3.27. The van der Waals surface area contributed by atoms with Gasteiger partial charge in [0.05, 0.1) is 0 Å². The lowest BCUT2D eigenvalue weighted by molar-refractivity contribution is 0.234. The maximum absolute atomic E-state index is 12.0. The topological polar surface area (TPSA) is 61.4 Å². The molecule has 1 atom stereocenters. The second-order valence-electron chi connectivity index (χ2n) is 5.56. The minimum Gasteiger partial charge on any atom is -0.317 e. The molecule has 1 rings (SSSR count). The second-order valence-corrected chi connectivity index (χ2v) is 7.32. The van der Waals surface area contributed by atoms with Crippen molar-refractivity contribution < 1.29 is 8.42 Å². The van der Waals surface area contributed by atoms with Gasteiger partial charge in [-0.3, -0.25) is 0 Å². The molecule has 0 radical (unpaired) electrons. The number of piperidine rings is 1. The maximum atomic E-state index is 12.0. The van der Waals surface area contributed by atoms with E-state index in [2.05, 4.69) is 17.0 Å². The van der Waals surface area contributed by atoms with Crippen LogP contribution in [0.1, 0.15) is 33.6 Å². The van der Waals surface area contributed by atoms with E-state index in [-0.39, 0.29) is 0 Å². The smallest absolute Gasteiger partial charge is 0.279 e. The molecule has 0 bridgehead atoms. The molecule has 0 spiro atoms. The summed E-state index contributed by atoms with van der Waals surface area (Å²) in [5.74, 6) is 0.910. The molecule has 0 amide bonds. The summed E-state index contributed by atoms with van der Waals surface area (Å²) in [7, 11) is -1.32. The third-order valence-corrected chi connectivity index (χ3v) is 5.25. The van der Waals surface area contributed by atoms with E-state index in [1.165, 1.54) is 0 Å². The van der Waals surface area contributed by atoms with Crippen molar-refractivity contribution in [3.05, 3.63) is 0 Å². The van der Waals surface area contributed by atoms with Crippen LogP contribution in [0.15, 0.2) is 0 Å². The fourth-order valence-corrected chi connectivity index (χ4v) is 3.63. The minimum absolute atomic E-state index is 0.335. The fraction of sp³-hybridized carbons (Fsp3) is 1.00. The Balaban J connectivity index is 2.46. The van der Waals surface area contributed by atoms with Gasteiger partial charge < -0.3 is 5.32 Å². The summed E-state index contributed by atoms with van der Waals surface area (Å²) in [6, 6.07) is 0.457. The molecule has 18 heavy (non-hydrogen) atoms. The van der Waals surface area contributed by atoms with Gasteiger partial charge in [0.25, 0.3) is 10.2 Å². The van der Waals surface area contributed by atoms with E-state index in [0.29, 0.717) is 37.5 Å². The highest BCUT2D eigenvalue weighted by molar-refractivity contribution is 7.87. The van der Waals surface area contributed by atoms with Crippen LogP contribution in [0.25, 0.3) is 0 Å². The van der Waals surface area contributed by atoms with Crippen LogP contribution in [-0.4, -0.2) is 45.4 Å². The summed E-state index contributed by atoms with van der Waals surface area (Å²) in [6.45, 7) is 7.93. The van der Waals surface area contributed by atoms with Gasteiger partial charge in [-0.05, 0) is 38.6 Å². The van der Waals surface area contributed by atoms with Gasteiger partial charge >= 0.3 is 0 Å². The van der Waals surface area contributed by atoms with E-state index in [1.54, 1.807) is 4.31 Å². The molecule has 0 saturated carbocycles. The summed E-state index contributed by atoms with van der Waals surface area (Å²) >= 11 is 0. The molecule has 0 aromatic rings. The van der Waals surface area contributed by atoms with Crippen molar-refractivity contribution in [2.75, 3.05) is 26.7 Å². The van der Waals surface area contributed by atoms with E-state index in [9.17, 15) is 8.42 Å². The number of hydrogen-bond acceptors (Lipinski definition) is 3. The maximum Gasteiger partial charge on any atom is 0.279 e. The molecular weight excluding hydrogens is 250 g/mol. The molecule has 108 valence electrons. The van der Waals surface area contributed by atoms with E-state index in [0.717, 1.165) is 12.8 Å². The first-order chi connectivity index (χ1) is 8.36. The van der Waals surface area contributed by atoms with Crippen molar-refractivity contribution in [3.8, 4) is 0 Å². The lowest BCUT2D eigenvalue weighted by Crippen LogP contribution is -2.48. The molecule has 1 aliphatic heterocycles. The molecule has 1 heterocycles. The van der Waals surface area contributed by atoms with Gasteiger partial charge in [-0.25, -0.2) is 4.72 Å². The van der Waals surface area contributed by atoms with Crippen LogP contribution in [0.5, 0.6) is 0 Å². The summed E-state index contributed by atoms with van der Waals surface area (Å²) in [5, 5.41) is 3.24. The Morgan fingerprint density at radius 2 is 1.78 bits per heavy atom. The Morgan fingerprint density at radius 1 is 1.22 bits per heavy atom. The Hall–Kier alpha value is -0.170. The quantitative estimate of drug-likeness (QED) is 0.755. The lowest BCUT2D eigenvalue weighted by Gasteiger charge is -2.34. The molecular formula is C12H27N3O2S. The Kier molecular flexibility index (Phi) is 6.04. The molecule has 1 saturated heterocycles. The highest BCUT2D eigenvalue weighted by atomic mass is 32.2. The molecule has 5 nitrogen and oxygen atoms in total. The normalized spacial score (nSPS) is 21.4. The van der Waals surface area contributed by atoms with Gasteiger partial charge in [0.1, 0.15) is 0 Å². The molecule has 0 aromatic heterocycles. The van der Waals surface area contributed by atoms with Gasteiger partial charge in [-0.2, -0.15) is 12.7 Å². The monoisotopic (exact) mass is 277 g/mol. The molecule has 0 aliphatic carbocycles. The highest BCUT2D eigenvalue weighted by Crippen LogP contribution is 2.21. The van der Waals surface area contributed by atoms with E-state index < -0.39 is 10.2 Å². The Morgan fingerprint density at radius 3 is 2.22 bits per heavy atom. The number of nitrogens with zero attached hydrogens (tertiary/aromatic N) is 1. The molecule has 1 aliphatic rings. The lowest BCUT2D eigenvalue weighted by atomic mass is 9.91. The van der Waals surface area contributed by atoms with Crippen molar-refractivity contribution in [2.24, 2.45) is 11.8 Å². The molecule has 2 N–H and O–H groups in total. The van der Waals surface area contributed by atoms with Crippen LogP contribution in [-0.2, 0) is 10.2 Å². The number of rotatable bonds is 6. The van der Waals surface area contributed by atoms with Crippen LogP contribution < -0.4 is 10.0 Å². The van der Waals surface area contributed by atoms with Crippen LogP contribution >= 0.6 is 0 Å². The zero-order valence-electron chi connectivity index (χ0n) is 11.9. The van der Waals surface area contributed by atoms with Gasteiger partial charge in [0.2, 0.25) is 0 Å². The summed E-state index contributed by atoms with van der Waals surface area (Å²) in [5.41, 5.74) is 0. The van der Waals surface area contributed by atoms with Crippen molar-refractivity contribution >= 4 is 10.2 Å². The third kappa shape index (κ3) is 4.50. The standard InChI is InChI=1S/C12H27N3O2S/c1-10(2)9-14-18(16,17)15-7-5-12(6-8-15)11(3)13-4/h10-14H,5-9H2,1-4H3. The molecule has 1 unspecified atom stereocenters. The summed E-state index contributed by atoms with van der Waals surface area (Å²) < 4.78 is 28.3. The summed E-state index contributed by atoms with van der Waals surface area (Å²) in [6.07, 6.45) is 1.87.